The van der Waals surface area contributed by atoms with Crippen LogP contribution in [0.1, 0.15) is 23.4 Å². The zero-order chi connectivity index (χ0) is 16.5. The van der Waals surface area contributed by atoms with Crippen molar-refractivity contribution in [1.29, 1.82) is 0 Å². The minimum atomic E-state index is -0.250. The third-order valence-electron chi connectivity index (χ3n) is 4.19. The summed E-state index contributed by atoms with van der Waals surface area (Å²) in [5, 5.41) is 8.91. The summed E-state index contributed by atoms with van der Waals surface area (Å²) in [6.07, 6.45) is -0.250. The number of aromatic nitrogens is 3. The van der Waals surface area contributed by atoms with E-state index in [0.29, 0.717) is 31.5 Å². The number of ether oxygens (including phenoxy) is 1. The number of aromatic amines is 1. The van der Waals surface area contributed by atoms with Crippen molar-refractivity contribution in [1.82, 2.24) is 20.1 Å². The molecule has 1 aliphatic rings. The van der Waals surface area contributed by atoms with Crippen LogP contribution in [-0.4, -0.2) is 39.8 Å². The van der Waals surface area contributed by atoms with E-state index in [-0.39, 0.29) is 11.7 Å². The van der Waals surface area contributed by atoms with Crippen molar-refractivity contribution < 1.29 is 9.15 Å². The Bertz CT molecular complexity index is 917. The molecule has 1 N–H and O–H groups in total. The van der Waals surface area contributed by atoms with Crippen LogP contribution in [0, 0.1) is 6.92 Å². The van der Waals surface area contributed by atoms with Gasteiger partial charge in [-0.3, -0.25) is 9.69 Å². The maximum atomic E-state index is 12.3. The first kappa shape index (κ1) is 15.0. The average Bonchev–Trinajstić information content (AvgIpc) is 3.02. The number of H-pyrrole nitrogens is 1. The highest BCUT2D eigenvalue weighted by atomic mass is 16.5. The van der Waals surface area contributed by atoms with E-state index in [1.54, 1.807) is 6.92 Å². The van der Waals surface area contributed by atoms with Crippen molar-refractivity contribution in [3.05, 3.63) is 58.0 Å². The zero-order valence-electron chi connectivity index (χ0n) is 13.4. The van der Waals surface area contributed by atoms with Crippen molar-refractivity contribution in [2.75, 3.05) is 19.7 Å². The van der Waals surface area contributed by atoms with Gasteiger partial charge in [0.2, 0.25) is 11.8 Å². The quantitative estimate of drug-likeness (QED) is 0.790. The molecule has 1 aliphatic heterocycles. The number of hydrogen-bond acceptors (Lipinski definition) is 6. The van der Waals surface area contributed by atoms with Crippen LogP contribution >= 0.6 is 0 Å². The first-order chi connectivity index (χ1) is 11.7. The summed E-state index contributed by atoms with van der Waals surface area (Å²) in [7, 11) is 0. The number of nitrogens with zero attached hydrogens (tertiary/aromatic N) is 3. The molecule has 1 saturated heterocycles. The van der Waals surface area contributed by atoms with E-state index in [1.165, 1.54) is 0 Å². The maximum Gasteiger partial charge on any atom is 0.252 e. The molecule has 1 unspecified atom stereocenters. The second kappa shape index (κ2) is 6.18. The average molecular weight is 326 g/mol. The van der Waals surface area contributed by atoms with Gasteiger partial charge < -0.3 is 14.1 Å². The number of rotatable bonds is 3. The Hall–Kier alpha value is -2.51. The van der Waals surface area contributed by atoms with Gasteiger partial charge in [-0.15, -0.1) is 10.2 Å². The van der Waals surface area contributed by atoms with E-state index in [1.807, 2.05) is 30.3 Å². The minimum Gasteiger partial charge on any atom is -0.423 e. The minimum absolute atomic E-state index is 0.0506. The van der Waals surface area contributed by atoms with Crippen molar-refractivity contribution in [2.24, 2.45) is 0 Å². The Kier molecular flexibility index (Phi) is 3.87. The number of nitrogens with one attached hydrogen (secondary N) is 1. The fourth-order valence-electron chi connectivity index (χ4n) is 2.99. The van der Waals surface area contributed by atoms with E-state index in [9.17, 15) is 4.79 Å². The molecule has 1 fully saturated rings. The molecule has 24 heavy (non-hydrogen) atoms. The molecule has 124 valence electrons. The molecule has 0 saturated carbocycles. The first-order valence-corrected chi connectivity index (χ1v) is 7.94. The van der Waals surface area contributed by atoms with Gasteiger partial charge in [0.15, 0.2) is 0 Å². The molecule has 1 aromatic carbocycles. The summed E-state index contributed by atoms with van der Waals surface area (Å²) < 4.78 is 11.2. The SMILES string of the molecule is Cc1nnc(C2CN(Cc3cc4ccccc4[nH]c3=O)CCO2)o1. The van der Waals surface area contributed by atoms with E-state index in [4.69, 9.17) is 9.15 Å². The number of hydrogen-bond donors (Lipinski definition) is 1. The smallest absolute Gasteiger partial charge is 0.252 e. The molecule has 0 spiro atoms. The fraction of sp³-hybridized carbons (Fsp3) is 0.353. The van der Waals surface area contributed by atoms with E-state index in [0.717, 1.165) is 23.0 Å². The predicted octanol–water partition coefficient (Wildman–Crippen LogP) is 1.79. The normalized spacial score (nSPS) is 19.0. The van der Waals surface area contributed by atoms with Crippen molar-refractivity contribution in [2.45, 2.75) is 19.6 Å². The highest BCUT2D eigenvalue weighted by Crippen LogP contribution is 2.22. The zero-order valence-corrected chi connectivity index (χ0v) is 13.4. The first-order valence-electron chi connectivity index (χ1n) is 7.94. The second-order valence-corrected chi connectivity index (χ2v) is 5.96. The predicted molar refractivity (Wildman–Crippen MR) is 87.6 cm³/mol. The Morgan fingerprint density at radius 1 is 1.33 bits per heavy atom. The lowest BCUT2D eigenvalue weighted by atomic mass is 10.1. The van der Waals surface area contributed by atoms with Gasteiger partial charge in [0, 0.05) is 37.6 Å². The Morgan fingerprint density at radius 2 is 2.21 bits per heavy atom. The van der Waals surface area contributed by atoms with Crippen molar-refractivity contribution in [3.63, 3.8) is 0 Å². The number of aryl methyl sites for hydroxylation is 1. The van der Waals surface area contributed by atoms with Gasteiger partial charge in [0.05, 0.1) is 6.61 Å². The second-order valence-electron chi connectivity index (χ2n) is 5.96. The largest absolute Gasteiger partial charge is 0.423 e. The molecule has 2 aromatic heterocycles. The third kappa shape index (κ3) is 2.95. The Labute approximate surface area is 138 Å². The molecule has 0 bridgehead atoms. The van der Waals surface area contributed by atoms with Crippen LogP contribution < -0.4 is 5.56 Å². The number of benzene rings is 1. The highest BCUT2D eigenvalue weighted by molar-refractivity contribution is 5.78. The van der Waals surface area contributed by atoms with Gasteiger partial charge in [-0.2, -0.15) is 0 Å². The fourth-order valence-corrected chi connectivity index (χ4v) is 2.99. The number of morpholine rings is 1. The van der Waals surface area contributed by atoms with Crippen LogP contribution in [0.25, 0.3) is 10.9 Å². The molecule has 3 heterocycles. The molecular formula is C17H18N4O3. The van der Waals surface area contributed by atoms with Crippen LogP contribution in [0.5, 0.6) is 0 Å². The third-order valence-corrected chi connectivity index (χ3v) is 4.19. The summed E-state index contributed by atoms with van der Waals surface area (Å²) in [4.78, 5) is 17.4. The van der Waals surface area contributed by atoms with Crippen LogP contribution in [0.3, 0.4) is 0 Å². The Balaban J connectivity index is 1.54. The maximum absolute atomic E-state index is 12.3. The molecule has 7 nitrogen and oxygen atoms in total. The van der Waals surface area contributed by atoms with Gasteiger partial charge >= 0.3 is 0 Å². The van der Waals surface area contributed by atoms with Crippen LogP contribution in [-0.2, 0) is 11.3 Å². The lowest BCUT2D eigenvalue weighted by Crippen LogP contribution is -2.39. The molecule has 0 amide bonds. The number of para-hydroxylation sites is 1. The summed E-state index contributed by atoms with van der Waals surface area (Å²) in [6.45, 7) is 4.26. The van der Waals surface area contributed by atoms with Crippen LogP contribution in [0.2, 0.25) is 0 Å². The molecule has 1 atom stereocenters. The molecule has 3 aromatic rings. The summed E-state index contributed by atoms with van der Waals surface area (Å²) in [6, 6.07) is 9.74. The molecule has 0 radical (unpaired) electrons. The number of pyridine rings is 1. The standard InChI is InChI=1S/C17H18N4O3/c1-11-19-20-17(24-11)15-10-21(6-7-23-15)9-13-8-12-4-2-3-5-14(12)18-16(13)22/h2-5,8,15H,6-7,9-10H2,1H3,(H,18,22). The number of fused-ring (bicyclic) bond motifs is 1. The van der Waals surface area contributed by atoms with E-state index in [2.05, 4.69) is 20.1 Å². The van der Waals surface area contributed by atoms with Gasteiger partial charge in [-0.05, 0) is 17.5 Å². The van der Waals surface area contributed by atoms with Gasteiger partial charge in [-0.25, -0.2) is 0 Å². The molecule has 4 rings (SSSR count). The van der Waals surface area contributed by atoms with Crippen molar-refractivity contribution in [3.8, 4) is 0 Å². The molecule has 7 heteroatoms. The van der Waals surface area contributed by atoms with Gasteiger partial charge in [0.1, 0.15) is 6.10 Å². The van der Waals surface area contributed by atoms with E-state index >= 15 is 0 Å². The van der Waals surface area contributed by atoms with Crippen LogP contribution in [0.15, 0.2) is 39.5 Å². The summed E-state index contributed by atoms with van der Waals surface area (Å²) >= 11 is 0. The lowest BCUT2D eigenvalue weighted by molar-refractivity contribution is -0.0458. The Morgan fingerprint density at radius 3 is 3.04 bits per heavy atom. The topological polar surface area (TPSA) is 84.2 Å². The van der Waals surface area contributed by atoms with Crippen LogP contribution in [0.4, 0.5) is 0 Å². The van der Waals surface area contributed by atoms with E-state index < -0.39 is 0 Å². The van der Waals surface area contributed by atoms with Gasteiger partial charge in [-0.1, -0.05) is 18.2 Å². The summed E-state index contributed by atoms with van der Waals surface area (Å²) in [5.41, 5.74) is 1.55. The van der Waals surface area contributed by atoms with Crippen molar-refractivity contribution >= 4 is 10.9 Å². The highest BCUT2D eigenvalue weighted by Gasteiger charge is 2.26. The monoisotopic (exact) mass is 326 g/mol. The summed E-state index contributed by atoms with van der Waals surface area (Å²) in [5.74, 6) is 1.02. The molecular weight excluding hydrogens is 308 g/mol. The van der Waals surface area contributed by atoms with Gasteiger partial charge in [0.25, 0.3) is 5.56 Å². The lowest BCUT2D eigenvalue weighted by Gasteiger charge is -2.31. The molecule has 0 aliphatic carbocycles.